The minimum atomic E-state index is -0.850. The summed E-state index contributed by atoms with van der Waals surface area (Å²) in [5, 5.41) is 5.57. The number of hydrogen-bond acceptors (Lipinski definition) is 5. The first-order chi connectivity index (χ1) is 14.1. The Balaban J connectivity index is 1.70. The standard InChI is InChI=1S/C23H32N2O5/c1-22(2,3)30-21(28)25-18(13-16-10-11-16)20(27)24-17(19(26)23(4)14-29-23)12-15-8-6-5-7-9-15/h5-9,16-18H,10-14H2,1-4H3,(H,24,27)(H,25,28)/t17?,18-,23+/m0/s1. The number of hydrogen-bond donors (Lipinski definition) is 2. The predicted molar refractivity (Wildman–Crippen MR) is 112 cm³/mol. The number of carbonyl (C=O) groups excluding carboxylic acids is 3. The molecule has 1 unspecified atom stereocenters. The van der Waals surface area contributed by atoms with Gasteiger partial charge in [0.15, 0.2) is 5.78 Å². The Hall–Kier alpha value is -2.41. The van der Waals surface area contributed by atoms with E-state index in [0.29, 0.717) is 25.4 Å². The van der Waals surface area contributed by atoms with Gasteiger partial charge in [0.05, 0.1) is 12.6 Å². The lowest BCUT2D eigenvalue weighted by Crippen LogP contribution is -2.54. The molecule has 0 spiro atoms. The summed E-state index contributed by atoms with van der Waals surface area (Å²) in [7, 11) is 0. The summed E-state index contributed by atoms with van der Waals surface area (Å²) >= 11 is 0. The maximum atomic E-state index is 13.1. The fourth-order valence-electron chi connectivity index (χ4n) is 3.32. The summed E-state index contributed by atoms with van der Waals surface area (Å²) in [4.78, 5) is 38.3. The summed E-state index contributed by atoms with van der Waals surface area (Å²) in [6, 6.07) is 8.07. The van der Waals surface area contributed by atoms with E-state index in [4.69, 9.17) is 9.47 Å². The monoisotopic (exact) mass is 416 g/mol. The van der Waals surface area contributed by atoms with Crippen LogP contribution in [0.1, 0.15) is 52.5 Å². The second-order valence-electron chi connectivity index (χ2n) is 9.51. The largest absolute Gasteiger partial charge is 0.444 e. The molecule has 0 radical (unpaired) electrons. The highest BCUT2D eigenvalue weighted by atomic mass is 16.6. The predicted octanol–water partition coefficient (Wildman–Crippen LogP) is 2.77. The molecule has 7 nitrogen and oxygen atoms in total. The van der Waals surface area contributed by atoms with Gasteiger partial charge in [-0.05, 0) is 52.0 Å². The number of epoxide rings is 1. The van der Waals surface area contributed by atoms with Gasteiger partial charge in [0.25, 0.3) is 0 Å². The van der Waals surface area contributed by atoms with Gasteiger partial charge in [0.2, 0.25) is 5.91 Å². The Labute approximate surface area is 177 Å². The molecule has 30 heavy (non-hydrogen) atoms. The van der Waals surface area contributed by atoms with Crippen molar-refractivity contribution in [3.8, 4) is 0 Å². The van der Waals surface area contributed by atoms with Gasteiger partial charge in [-0.2, -0.15) is 0 Å². The normalized spacial score (nSPS) is 22.5. The first-order valence-electron chi connectivity index (χ1n) is 10.6. The molecule has 3 rings (SSSR count). The van der Waals surface area contributed by atoms with E-state index in [1.807, 2.05) is 30.3 Å². The van der Waals surface area contributed by atoms with E-state index in [9.17, 15) is 14.4 Å². The van der Waals surface area contributed by atoms with Crippen LogP contribution in [0.2, 0.25) is 0 Å². The molecule has 2 aliphatic rings. The van der Waals surface area contributed by atoms with Crippen LogP contribution in [0.5, 0.6) is 0 Å². The third-order valence-electron chi connectivity index (χ3n) is 5.29. The fourth-order valence-corrected chi connectivity index (χ4v) is 3.32. The average molecular weight is 417 g/mol. The van der Waals surface area contributed by atoms with Crippen molar-refractivity contribution in [3.05, 3.63) is 35.9 Å². The smallest absolute Gasteiger partial charge is 0.408 e. The highest BCUT2D eigenvalue weighted by molar-refractivity contribution is 5.97. The van der Waals surface area contributed by atoms with Gasteiger partial charge in [-0.1, -0.05) is 43.2 Å². The van der Waals surface area contributed by atoms with Crippen molar-refractivity contribution in [2.45, 2.75) is 76.7 Å². The van der Waals surface area contributed by atoms with Crippen molar-refractivity contribution < 1.29 is 23.9 Å². The van der Waals surface area contributed by atoms with Gasteiger partial charge in [-0.25, -0.2) is 4.79 Å². The van der Waals surface area contributed by atoms with E-state index >= 15 is 0 Å². The summed E-state index contributed by atoms with van der Waals surface area (Å²) in [5.41, 5.74) is -0.564. The zero-order chi connectivity index (χ0) is 21.9. The molecule has 2 fully saturated rings. The van der Waals surface area contributed by atoms with E-state index in [2.05, 4.69) is 10.6 Å². The number of alkyl carbamates (subject to hydrolysis) is 1. The lowest BCUT2D eigenvalue weighted by Gasteiger charge is -2.26. The molecule has 2 amide bonds. The molecule has 1 aromatic carbocycles. The lowest BCUT2D eigenvalue weighted by atomic mass is 9.94. The first kappa shape index (κ1) is 22.3. The molecule has 1 aromatic rings. The van der Waals surface area contributed by atoms with Crippen LogP contribution in [0.4, 0.5) is 4.79 Å². The second-order valence-corrected chi connectivity index (χ2v) is 9.51. The molecule has 3 atom stereocenters. The van der Waals surface area contributed by atoms with Crippen molar-refractivity contribution in [1.29, 1.82) is 0 Å². The van der Waals surface area contributed by atoms with Gasteiger partial charge in [-0.3, -0.25) is 9.59 Å². The Morgan fingerprint density at radius 3 is 2.30 bits per heavy atom. The van der Waals surface area contributed by atoms with Crippen molar-refractivity contribution in [1.82, 2.24) is 10.6 Å². The molecule has 1 heterocycles. The zero-order valence-electron chi connectivity index (χ0n) is 18.2. The quantitative estimate of drug-likeness (QED) is 0.604. The van der Waals surface area contributed by atoms with Gasteiger partial charge >= 0.3 is 6.09 Å². The average Bonchev–Trinajstić information content (AvgIpc) is 3.58. The number of amides is 2. The molecule has 0 aromatic heterocycles. The Kier molecular flexibility index (Phi) is 6.50. The van der Waals surface area contributed by atoms with Crippen LogP contribution in [0.25, 0.3) is 0 Å². The first-order valence-corrected chi connectivity index (χ1v) is 10.6. The van der Waals surface area contributed by atoms with E-state index in [-0.39, 0.29) is 11.7 Å². The number of benzene rings is 1. The SMILES string of the molecule is CC(C)(C)OC(=O)N[C@@H](CC1CC1)C(=O)NC(Cc1ccccc1)C(=O)[C@@]1(C)CO1. The number of Topliss-reactive ketones (excluding diaryl/α,β-unsaturated/α-hetero) is 1. The number of carbonyl (C=O) groups is 3. The molecular formula is C23H32N2O5. The van der Waals surface area contributed by atoms with Crippen LogP contribution in [-0.4, -0.2) is 47.7 Å². The van der Waals surface area contributed by atoms with Gasteiger partial charge in [0, 0.05) is 0 Å². The minimum absolute atomic E-state index is 0.151. The molecule has 1 saturated carbocycles. The van der Waals surface area contributed by atoms with Crippen molar-refractivity contribution in [2.24, 2.45) is 5.92 Å². The highest BCUT2D eigenvalue weighted by Gasteiger charge is 2.50. The second kappa shape index (κ2) is 8.76. The number of ketones is 1. The third kappa shape index (κ3) is 6.55. The summed E-state index contributed by atoms with van der Waals surface area (Å²) in [6.07, 6.45) is 2.35. The third-order valence-corrected chi connectivity index (χ3v) is 5.29. The van der Waals surface area contributed by atoms with Crippen molar-refractivity contribution in [3.63, 3.8) is 0 Å². The molecule has 7 heteroatoms. The van der Waals surface area contributed by atoms with Gasteiger partial charge in [0.1, 0.15) is 17.2 Å². The number of nitrogens with one attached hydrogen (secondary N) is 2. The van der Waals surface area contributed by atoms with Crippen LogP contribution < -0.4 is 10.6 Å². The Morgan fingerprint density at radius 1 is 1.13 bits per heavy atom. The molecule has 1 aliphatic carbocycles. The lowest BCUT2D eigenvalue weighted by molar-refractivity contribution is -0.131. The van der Waals surface area contributed by atoms with E-state index in [0.717, 1.165) is 18.4 Å². The molecule has 1 saturated heterocycles. The molecular weight excluding hydrogens is 384 g/mol. The van der Waals surface area contributed by atoms with Crippen LogP contribution in [0, 0.1) is 5.92 Å². The minimum Gasteiger partial charge on any atom is -0.444 e. The van der Waals surface area contributed by atoms with E-state index < -0.39 is 29.4 Å². The van der Waals surface area contributed by atoms with Crippen molar-refractivity contribution >= 4 is 17.8 Å². The van der Waals surface area contributed by atoms with Crippen LogP contribution in [0.3, 0.4) is 0 Å². The van der Waals surface area contributed by atoms with E-state index in [1.165, 1.54) is 0 Å². The molecule has 2 N–H and O–H groups in total. The van der Waals surface area contributed by atoms with Crippen LogP contribution in [-0.2, 0) is 25.5 Å². The van der Waals surface area contributed by atoms with Gasteiger partial charge in [-0.15, -0.1) is 0 Å². The van der Waals surface area contributed by atoms with Crippen LogP contribution in [0.15, 0.2) is 30.3 Å². The molecule has 1 aliphatic heterocycles. The maximum Gasteiger partial charge on any atom is 0.408 e. The van der Waals surface area contributed by atoms with Crippen LogP contribution >= 0.6 is 0 Å². The molecule has 164 valence electrons. The summed E-state index contributed by atoms with van der Waals surface area (Å²) in [6.45, 7) is 7.41. The molecule has 0 bridgehead atoms. The fraction of sp³-hybridized carbons (Fsp3) is 0.609. The number of rotatable bonds is 9. The highest BCUT2D eigenvalue weighted by Crippen LogP contribution is 2.34. The maximum absolute atomic E-state index is 13.1. The summed E-state index contributed by atoms with van der Waals surface area (Å²) in [5.74, 6) is -0.114. The van der Waals surface area contributed by atoms with Crippen molar-refractivity contribution in [2.75, 3.05) is 6.61 Å². The Bertz CT molecular complexity index is 779. The Morgan fingerprint density at radius 2 is 1.77 bits per heavy atom. The topological polar surface area (TPSA) is 97.0 Å². The zero-order valence-corrected chi connectivity index (χ0v) is 18.2. The number of ether oxygens (including phenoxy) is 2. The van der Waals surface area contributed by atoms with Gasteiger partial charge < -0.3 is 20.1 Å². The van der Waals surface area contributed by atoms with E-state index in [1.54, 1.807) is 27.7 Å². The summed E-state index contributed by atoms with van der Waals surface area (Å²) < 4.78 is 10.6.